The molecule has 35 heavy (non-hydrogen) atoms. The van der Waals surface area contributed by atoms with Crippen LogP contribution in [0.1, 0.15) is 52.0 Å². The van der Waals surface area contributed by atoms with E-state index in [2.05, 4.69) is 10.3 Å². The van der Waals surface area contributed by atoms with Crippen LogP contribution in [0.2, 0.25) is 0 Å². The van der Waals surface area contributed by atoms with Crippen molar-refractivity contribution in [3.05, 3.63) is 76.9 Å². The lowest BCUT2D eigenvalue weighted by Gasteiger charge is -2.40. The van der Waals surface area contributed by atoms with E-state index in [-0.39, 0.29) is 29.7 Å². The molecule has 8 heteroatoms. The second kappa shape index (κ2) is 9.62. The standard InChI is InChI=1S/C27H26FN3O3S/c1-16-5-3-6-20(15-29-26(32)22-7-4-8-23-21(22)13-14-34-23)31(16)27(33)24-25(35-17(2)30-24)18-9-11-19(28)12-10-18/h4,7-14,16,20H,3,5-6,15H2,1-2H3,(H,29,32)/t16-,20-/m0/s1. The smallest absolute Gasteiger partial charge is 0.274 e. The first kappa shape index (κ1) is 23.2. The Morgan fingerprint density at radius 1 is 1.17 bits per heavy atom. The van der Waals surface area contributed by atoms with Crippen LogP contribution in [-0.4, -0.2) is 40.3 Å². The quantitative estimate of drug-likeness (QED) is 0.382. The number of piperidine rings is 1. The molecule has 2 aromatic carbocycles. The number of nitrogens with one attached hydrogen (secondary N) is 1. The van der Waals surface area contributed by atoms with Gasteiger partial charge in [-0.05, 0) is 69.0 Å². The number of carbonyl (C=O) groups excluding carboxylic acids is 2. The van der Waals surface area contributed by atoms with E-state index in [1.165, 1.54) is 23.5 Å². The molecule has 2 aromatic heterocycles. The summed E-state index contributed by atoms with van der Waals surface area (Å²) in [6.07, 6.45) is 4.23. The lowest BCUT2D eigenvalue weighted by Crippen LogP contribution is -2.53. The maximum atomic E-state index is 13.8. The number of fused-ring (bicyclic) bond motifs is 1. The van der Waals surface area contributed by atoms with Gasteiger partial charge in [-0.1, -0.05) is 18.2 Å². The highest BCUT2D eigenvalue weighted by molar-refractivity contribution is 7.15. The largest absolute Gasteiger partial charge is 0.464 e. The summed E-state index contributed by atoms with van der Waals surface area (Å²) >= 11 is 1.43. The molecule has 180 valence electrons. The minimum Gasteiger partial charge on any atom is -0.464 e. The summed E-state index contributed by atoms with van der Waals surface area (Å²) in [4.78, 5) is 34.0. The van der Waals surface area contributed by atoms with Gasteiger partial charge in [0.25, 0.3) is 11.8 Å². The Balaban J connectivity index is 1.38. The first-order chi connectivity index (χ1) is 16.9. The van der Waals surface area contributed by atoms with Crippen LogP contribution in [0.4, 0.5) is 4.39 Å². The zero-order valence-corrected chi connectivity index (χ0v) is 20.4. The van der Waals surface area contributed by atoms with E-state index in [0.717, 1.165) is 40.1 Å². The molecule has 5 rings (SSSR count). The Bertz CT molecular complexity index is 1380. The number of furan rings is 1. The topological polar surface area (TPSA) is 75.4 Å². The first-order valence-corrected chi connectivity index (χ1v) is 12.5. The van der Waals surface area contributed by atoms with Gasteiger partial charge in [0.05, 0.1) is 21.7 Å². The molecule has 1 saturated heterocycles. The van der Waals surface area contributed by atoms with Gasteiger partial charge in [-0.15, -0.1) is 11.3 Å². The number of rotatable bonds is 5. The van der Waals surface area contributed by atoms with Crippen LogP contribution in [0.5, 0.6) is 0 Å². The highest BCUT2D eigenvalue weighted by Crippen LogP contribution is 2.33. The number of hydrogen-bond donors (Lipinski definition) is 1. The number of thiazole rings is 1. The molecule has 0 unspecified atom stereocenters. The van der Waals surface area contributed by atoms with Gasteiger partial charge in [0.15, 0.2) is 0 Å². The molecular formula is C27H26FN3O3S. The molecule has 0 radical (unpaired) electrons. The summed E-state index contributed by atoms with van der Waals surface area (Å²) in [7, 11) is 0. The first-order valence-electron chi connectivity index (χ1n) is 11.7. The number of halogens is 1. The third kappa shape index (κ3) is 4.58. The van der Waals surface area contributed by atoms with Crippen LogP contribution in [-0.2, 0) is 0 Å². The fourth-order valence-electron chi connectivity index (χ4n) is 4.84. The monoisotopic (exact) mass is 491 g/mol. The van der Waals surface area contributed by atoms with E-state index >= 15 is 0 Å². The number of nitrogens with zero attached hydrogens (tertiary/aromatic N) is 2. The molecule has 0 spiro atoms. The average Bonchev–Trinajstić information content (AvgIpc) is 3.49. The van der Waals surface area contributed by atoms with E-state index < -0.39 is 0 Å². The molecule has 6 nitrogen and oxygen atoms in total. The predicted molar refractivity (Wildman–Crippen MR) is 134 cm³/mol. The molecule has 2 amide bonds. The highest BCUT2D eigenvalue weighted by Gasteiger charge is 2.35. The summed E-state index contributed by atoms with van der Waals surface area (Å²) < 4.78 is 18.9. The van der Waals surface area contributed by atoms with Crippen LogP contribution in [0, 0.1) is 12.7 Å². The normalized spacial score (nSPS) is 18.1. The molecule has 0 saturated carbocycles. The zero-order valence-electron chi connectivity index (χ0n) is 19.6. The second-order valence-corrected chi connectivity index (χ2v) is 10.1. The predicted octanol–water partition coefficient (Wildman–Crippen LogP) is 5.82. The average molecular weight is 492 g/mol. The third-order valence-electron chi connectivity index (χ3n) is 6.54. The van der Waals surface area contributed by atoms with E-state index in [1.807, 2.05) is 24.8 Å². The molecular weight excluding hydrogens is 465 g/mol. The molecule has 1 N–H and O–H groups in total. The summed E-state index contributed by atoms with van der Waals surface area (Å²) in [6.45, 7) is 4.25. The van der Waals surface area contributed by atoms with Gasteiger partial charge < -0.3 is 14.6 Å². The molecule has 1 aliphatic heterocycles. The number of aromatic nitrogens is 1. The van der Waals surface area contributed by atoms with Crippen molar-refractivity contribution in [3.8, 4) is 10.4 Å². The van der Waals surface area contributed by atoms with E-state index in [4.69, 9.17) is 4.42 Å². The van der Waals surface area contributed by atoms with Crippen molar-refractivity contribution in [2.75, 3.05) is 6.54 Å². The molecule has 2 atom stereocenters. The highest BCUT2D eigenvalue weighted by atomic mass is 32.1. The Hall–Kier alpha value is -3.52. The fourth-order valence-corrected chi connectivity index (χ4v) is 5.76. The number of hydrogen-bond acceptors (Lipinski definition) is 5. The van der Waals surface area contributed by atoms with Crippen molar-refractivity contribution >= 4 is 34.1 Å². The minimum absolute atomic E-state index is 0.0125. The molecule has 0 aliphatic carbocycles. The van der Waals surface area contributed by atoms with Crippen LogP contribution >= 0.6 is 11.3 Å². The van der Waals surface area contributed by atoms with Gasteiger partial charge in [-0.25, -0.2) is 9.37 Å². The Morgan fingerprint density at radius 2 is 1.97 bits per heavy atom. The number of aryl methyl sites for hydroxylation is 1. The fraction of sp³-hybridized carbons (Fsp3) is 0.296. The van der Waals surface area contributed by atoms with Crippen LogP contribution in [0.25, 0.3) is 21.4 Å². The Morgan fingerprint density at radius 3 is 2.77 bits per heavy atom. The van der Waals surface area contributed by atoms with Gasteiger partial charge in [0.2, 0.25) is 0 Å². The van der Waals surface area contributed by atoms with Crippen LogP contribution in [0.15, 0.2) is 59.2 Å². The van der Waals surface area contributed by atoms with Gasteiger partial charge >= 0.3 is 0 Å². The molecule has 1 fully saturated rings. The summed E-state index contributed by atoms with van der Waals surface area (Å²) in [5.74, 6) is -0.675. The molecule has 3 heterocycles. The summed E-state index contributed by atoms with van der Waals surface area (Å²) in [5, 5.41) is 4.57. The number of carbonyl (C=O) groups is 2. The Labute approximate surface area is 206 Å². The van der Waals surface area contributed by atoms with Gasteiger partial charge in [-0.3, -0.25) is 9.59 Å². The van der Waals surface area contributed by atoms with Crippen molar-refractivity contribution in [2.45, 2.75) is 45.2 Å². The van der Waals surface area contributed by atoms with Gasteiger partial charge in [-0.2, -0.15) is 0 Å². The van der Waals surface area contributed by atoms with E-state index in [9.17, 15) is 14.0 Å². The maximum absolute atomic E-state index is 13.8. The lowest BCUT2D eigenvalue weighted by atomic mass is 9.95. The van der Waals surface area contributed by atoms with Crippen molar-refractivity contribution in [2.24, 2.45) is 0 Å². The number of benzene rings is 2. The molecule has 0 bridgehead atoms. The zero-order chi connectivity index (χ0) is 24.5. The van der Waals surface area contributed by atoms with Gasteiger partial charge in [0.1, 0.15) is 17.1 Å². The van der Waals surface area contributed by atoms with Crippen molar-refractivity contribution in [3.63, 3.8) is 0 Å². The molecule has 1 aliphatic rings. The third-order valence-corrected chi connectivity index (χ3v) is 7.56. The van der Waals surface area contributed by atoms with Crippen molar-refractivity contribution in [1.82, 2.24) is 15.2 Å². The molecule has 4 aromatic rings. The second-order valence-electron chi connectivity index (χ2n) is 8.91. The number of amides is 2. The summed E-state index contributed by atoms with van der Waals surface area (Å²) in [6, 6.07) is 13.2. The number of likely N-dealkylation sites (tertiary alicyclic amines) is 1. The van der Waals surface area contributed by atoms with Crippen molar-refractivity contribution in [1.29, 1.82) is 0 Å². The minimum atomic E-state index is -0.325. The van der Waals surface area contributed by atoms with E-state index in [1.54, 1.807) is 36.6 Å². The van der Waals surface area contributed by atoms with Crippen LogP contribution < -0.4 is 5.32 Å². The SMILES string of the molecule is Cc1nc(C(=O)N2[C@H](CNC(=O)c3cccc4occc34)CCC[C@@H]2C)c(-c2ccc(F)cc2)s1. The lowest BCUT2D eigenvalue weighted by molar-refractivity contribution is 0.0468. The van der Waals surface area contributed by atoms with Gasteiger partial charge in [0, 0.05) is 24.0 Å². The van der Waals surface area contributed by atoms with Crippen molar-refractivity contribution < 1.29 is 18.4 Å². The maximum Gasteiger partial charge on any atom is 0.274 e. The van der Waals surface area contributed by atoms with Crippen LogP contribution in [0.3, 0.4) is 0 Å². The Kier molecular flexibility index (Phi) is 6.38. The van der Waals surface area contributed by atoms with E-state index in [0.29, 0.717) is 23.4 Å². The summed E-state index contributed by atoms with van der Waals surface area (Å²) in [5.41, 5.74) is 2.36.